The van der Waals surface area contributed by atoms with Gasteiger partial charge < -0.3 is 9.80 Å². The van der Waals surface area contributed by atoms with Gasteiger partial charge in [0.2, 0.25) is 0 Å². The van der Waals surface area contributed by atoms with Gasteiger partial charge in [-0.1, -0.05) is 63.6 Å². The zero-order valence-corrected chi connectivity index (χ0v) is 25.9. The molecule has 4 rings (SSSR count). The van der Waals surface area contributed by atoms with Crippen LogP contribution in [0.5, 0.6) is 0 Å². The summed E-state index contributed by atoms with van der Waals surface area (Å²) in [6.07, 6.45) is 0.919. The van der Waals surface area contributed by atoms with Crippen LogP contribution in [0.15, 0.2) is 64.6 Å². The molecule has 1 fully saturated rings. The molecule has 0 N–H and O–H groups in total. The van der Waals surface area contributed by atoms with E-state index in [1.807, 2.05) is 19.9 Å². The van der Waals surface area contributed by atoms with Gasteiger partial charge in [-0.15, -0.1) is 0 Å². The molecular formula is C33H40ClN5O2. The maximum Gasteiger partial charge on any atom is 0.269 e. The Labute approximate surface area is 248 Å². The Kier molecular flexibility index (Phi) is 9.49. The number of aliphatic imine (C=N–C) groups is 2. The Morgan fingerprint density at radius 2 is 1.51 bits per heavy atom. The number of rotatable bonds is 6. The quantitative estimate of drug-likeness (QED) is 0.128. The molecule has 3 aromatic rings. The van der Waals surface area contributed by atoms with Crippen molar-refractivity contribution in [1.82, 2.24) is 9.80 Å². The van der Waals surface area contributed by atoms with E-state index >= 15 is 0 Å². The molecule has 0 saturated carbocycles. The molecule has 0 atom stereocenters. The monoisotopic (exact) mass is 573 g/mol. The van der Waals surface area contributed by atoms with Crippen molar-refractivity contribution >= 4 is 40.3 Å². The smallest absolute Gasteiger partial charge is 0.269 e. The molecule has 1 aliphatic heterocycles. The first-order chi connectivity index (χ1) is 19.5. The van der Waals surface area contributed by atoms with Gasteiger partial charge in [0.1, 0.15) is 11.7 Å². The maximum atomic E-state index is 11.3. The third-order valence-corrected chi connectivity index (χ3v) is 7.81. The fourth-order valence-electron chi connectivity index (χ4n) is 5.32. The van der Waals surface area contributed by atoms with Crippen molar-refractivity contribution in [2.45, 2.75) is 66.7 Å². The zero-order valence-electron chi connectivity index (χ0n) is 25.1. The van der Waals surface area contributed by atoms with Gasteiger partial charge in [0.25, 0.3) is 5.69 Å². The molecule has 1 heterocycles. The topological polar surface area (TPSA) is 74.3 Å². The van der Waals surface area contributed by atoms with Crippen LogP contribution in [0.3, 0.4) is 0 Å². The van der Waals surface area contributed by atoms with Crippen LogP contribution in [0.25, 0.3) is 0 Å². The SMILES string of the molecule is CC(=Nc1c(C(C)C)cccc1C(C)C)N1CCCN(C(=Nc2c(C)cc(C)cc2Cl)c2ccc([N+](=O)[O-])cc2)C1. The number of aryl methyl sites for hydroxylation is 2. The van der Waals surface area contributed by atoms with Crippen LogP contribution in [0, 0.1) is 24.0 Å². The van der Waals surface area contributed by atoms with Crippen molar-refractivity contribution in [2.75, 3.05) is 19.8 Å². The number of hydrogen-bond acceptors (Lipinski definition) is 4. The Morgan fingerprint density at radius 1 is 0.902 bits per heavy atom. The fraction of sp³-hybridized carbons (Fsp3) is 0.394. The molecule has 216 valence electrons. The molecule has 41 heavy (non-hydrogen) atoms. The van der Waals surface area contributed by atoms with Gasteiger partial charge in [0.15, 0.2) is 0 Å². The number of para-hydroxylation sites is 1. The van der Waals surface area contributed by atoms with Crippen LogP contribution in [-0.4, -0.2) is 46.2 Å². The summed E-state index contributed by atoms with van der Waals surface area (Å²) >= 11 is 6.68. The number of halogens is 1. The summed E-state index contributed by atoms with van der Waals surface area (Å²) in [5, 5.41) is 11.9. The minimum atomic E-state index is -0.384. The molecule has 0 unspecified atom stereocenters. The van der Waals surface area contributed by atoms with Crippen molar-refractivity contribution in [1.29, 1.82) is 0 Å². The van der Waals surface area contributed by atoms with Gasteiger partial charge in [-0.05, 0) is 79.5 Å². The normalized spacial score (nSPS) is 14.8. The number of non-ortho nitro benzene ring substituents is 1. The average molecular weight is 574 g/mol. The summed E-state index contributed by atoms with van der Waals surface area (Å²) in [5.74, 6) is 2.41. The first kappa shape index (κ1) is 30.3. The van der Waals surface area contributed by atoms with Gasteiger partial charge in [-0.25, -0.2) is 9.98 Å². The van der Waals surface area contributed by atoms with Crippen molar-refractivity contribution < 1.29 is 4.92 Å². The number of nitro groups is 1. The molecule has 0 spiro atoms. The largest absolute Gasteiger partial charge is 0.342 e. The molecule has 0 bridgehead atoms. The van der Waals surface area contributed by atoms with Crippen molar-refractivity contribution in [3.63, 3.8) is 0 Å². The highest BCUT2D eigenvalue weighted by atomic mass is 35.5. The lowest BCUT2D eigenvalue weighted by molar-refractivity contribution is -0.384. The van der Waals surface area contributed by atoms with Crippen LogP contribution in [-0.2, 0) is 0 Å². The molecule has 8 heteroatoms. The lowest BCUT2D eigenvalue weighted by atomic mass is 9.93. The van der Waals surface area contributed by atoms with Crippen LogP contribution in [0.4, 0.5) is 17.1 Å². The third kappa shape index (κ3) is 6.96. The van der Waals surface area contributed by atoms with Gasteiger partial charge in [0.05, 0.1) is 28.0 Å². The van der Waals surface area contributed by atoms with Crippen LogP contribution >= 0.6 is 11.6 Å². The molecule has 0 radical (unpaired) electrons. The number of benzene rings is 3. The third-order valence-electron chi connectivity index (χ3n) is 7.52. The minimum Gasteiger partial charge on any atom is -0.342 e. The Balaban J connectivity index is 1.75. The number of nitrogens with zero attached hydrogens (tertiary/aromatic N) is 5. The van der Waals surface area contributed by atoms with Crippen LogP contribution in [0.2, 0.25) is 5.02 Å². The van der Waals surface area contributed by atoms with E-state index in [-0.39, 0.29) is 10.6 Å². The van der Waals surface area contributed by atoms with Gasteiger partial charge in [-0.2, -0.15) is 0 Å². The second kappa shape index (κ2) is 12.9. The molecule has 0 aromatic heterocycles. The zero-order chi connectivity index (χ0) is 29.8. The highest BCUT2D eigenvalue weighted by Gasteiger charge is 2.24. The van der Waals surface area contributed by atoms with E-state index in [4.69, 9.17) is 21.6 Å². The standard InChI is InChI=1S/C33H40ClN5O2/c1-21(2)28-10-8-11-29(22(3)4)32(28)35-25(7)37-16-9-17-38(20-37)33(26-12-14-27(15-13-26)39(40)41)36-31-24(6)18-23(5)19-30(31)34/h8,10-15,18-19,21-22H,9,16-17,20H2,1-7H3. The lowest BCUT2D eigenvalue weighted by Gasteiger charge is -2.38. The summed E-state index contributed by atoms with van der Waals surface area (Å²) in [5.41, 5.74) is 7.18. The summed E-state index contributed by atoms with van der Waals surface area (Å²) in [7, 11) is 0. The maximum absolute atomic E-state index is 11.3. The van der Waals surface area contributed by atoms with E-state index in [0.717, 1.165) is 53.6 Å². The van der Waals surface area contributed by atoms with Crippen molar-refractivity contribution in [2.24, 2.45) is 9.98 Å². The van der Waals surface area contributed by atoms with E-state index in [2.05, 4.69) is 68.7 Å². The van der Waals surface area contributed by atoms with Gasteiger partial charge >= 0.3 is 0 Å². The average Bonchev–Trinajstić information content (AvgIpc) is 2.92. The van der Waals surface area contributed by atoms with E-state index in [1.54, 1.807) is 12.1 Å². The summed E-state index contributed by atoms with van der Waals surface area (Å²) in [6.45, 7) is 17.2. The molecule has 1 saturated heterocycles. The Hall–Kier alpha value is -3.71. The lowest BCUT2D eigenvalue weighted by Crippen LogP contribution is -2.49. The molecule has 1 aliphatic rings. The van der Waals surface area contributed by atoms with E-state index in [0.29, 0.717) is 29.2 Å². The predicted molar refractivity (Wildman–Crippen MR) is 171 cm³/mol. The van der Waals surface area contributed by atoms with Gasteiger partial charge in [-0.3, -0.25) is 10.1 Å². The Bertz CT molecular complexity index is 1430. The molecule has 3 aromatic carbocycles. The molecule has 0 aliphatic carbocycles. The fourth-order valence-corrected chi connectivity index (χ4v) is 5.68. The van der Waals surface area contributed by atoms with Crippen molar-refractivity contribution in [3.8, 4) is 0 Å². The van der Waals surface area contributed by atoms with E-state index in [9.17, 15) is 10.1 Å². The molecular weight excluding hydrogens is 534 g/mol. The van der Waals surface area contributed by atoms with Crippen LogP contribution < -0.4 is 0 Å². The number of amidine groups is 2. The van der Waals surface area contributed by atoms with Gasteiger partial charge in [0, 0.05) is 30.8 Å². The highest BCUT2D eigenvalue weighted by Crippen LogP contribution is 2.35. The second-order valence-corrected chi connectivity index (χ2v) is 11.8. The summed E-state index contributed by atoms with van der Waals surface area (Å²) in [6, 6.07) is 17.1. The Morgan fingerprint density at radius 3 is 2.07 bits per heavy atom. The molecule has 7 nitrogen and oxygen atoms in total. The number of hydrogen-bond donors (Lipinski definition) is 0. The first-order valence-corrected chi connectivity index (χ1v) is 14.6. The predicted octanol–water partition coefficient (Wildman–Crippen LogP) is 8.91. The van der Waals surface area contributed by atoms with Crippen molar-refractivity contribution in [3.05, 3.63) is 97.6 Å². The highest BCUT2D eigenvalue weighted by molar-refractivity contribution is 6.33. The summed E-state index contributed by atoms with van der Waals surface area (Å²) < 4.78 is 0. The van der Waals surface area contributed by atoms with Crippen LogP contribution in [0.1, 0.15) is 80.7 Å². The van der Waals surface area contributed by atoms with E-state index < -0.39 is 0 Å². The second-order valence-electron chi connectivity index (χ2n) is 11.4. The number of nitro benzene ring substituents is 1. The molecule has 0 amide bonds. The minimum absolute atomic E-state index is 0.0469. The first-order valence-electron chi connectivity index (χ1n) is 14.2. The summed E-state index contributed by atoms with van der Waals surface area (Å²) in [4.78, 5) is 25.8. The van der Waals surface area contributed by atoms with E-state index in [1.165, 1.54) is 23.3 Å².